The first-order valence-corrected chi connectivity index (χ1v) is 6.06. The molecule has 0 bridgehead atoms. The van der Waals surface area contributed by atoms with E-state index in [9.17, 15) is 9.59 Å². The SMILES string of the molecule is CCNc1ccnc(Cn2ccn(C)c(=O)c2=O)c1. The smallest absolute Gasteiger partial charge is 0.316 e. The van der Waals surface area contributed by atoms with Gasteiger partial charge in [-0.05, 0) is 19.1 Å². The lowest BCUT2D eigenvalue weighted by Gasteiger charge is -2.08. The van der Waals surface area contributed by atoms with Gasteiger partial charge < -0.3 is 14.5 Å². The average molecular weight is 260 g/mol. The molecule has 0 aliphatic rings. The minimum absolute atomic E-state index is 0.286. The van der Waals surface area contributed by atoms with E-state index in [1.54, 1.807) is 25.6 Å². The van der Waals surface area contributed by atoms with Crippen molar-refractivity contribution in [3.8, 4) is 0 Å². The predicted octanol–water partition coefficient (Wildman–Crippen LogP) is 0.422. The molecular weight excluding hydrogens is 244 g/mol. The Balaban J connectivity index is 2.31. The van der Waals surface area contributed by atoms with E-state index in [4.69, 9.17) is 0 Å². The summed E-state index contributed by atoms with van der Waals surface area (Å²) in [4.78, 5) is 27.5. The van der Waals surface area contributed by atoms with Crippen molar-refractivity contribution in [2.75, 3.05) is 11.9 Å². The van der Waals surface area contributed by atoms with Crippen molar-refractivity contribution in [1.82, 2.24) is 14.1 Å². The molecule has 19 heavy (non-hydrogen) atoms. The molecule has 0 fully saturated rings. The van der Waals surface area contributed by atoms with Crippen LogP contribution < -0.4 is 16.4 Å². The van der Waals surface area contributed by atoms with Gasteiger partial charge >= 0.3 is 11.1 Å². The van der Waals surface area contributed by atoms with Gasteiger partial charge in [0.15, 0.2) is 0 Å². The summed E-state index contributed by atoms with van der Waals surface area (Å²) in [6.45, 7) is 3.11. The summed E-state index contributed by atoms with van der Waals surface area (Å²) < 4.78 is 2.63. The second-order valence-corrected chi connectivity index (χ2v) is 4.21. The molecule has 2 rings (SSSR count). The third kappa shape index (κ3) is 2.90. The average Bonchev–Trinajstić information content (AvgIpc) is 2.40. The van der Waals surface area contributed by atoms with Crippen LogP contribution in [0.1, 0.15) is 12.6 Å². The number of aryl methyl sites for hydroxylation is 1. The minimum atomic E-state index is -0.541. The third-order valence-corrected chi connectivity index (χ3v) is 2.76. The Labute approximate surface area is 110 Å². The van der Waals surface area contributed by atoms with Gasteiger partial charge in [0.25, 0.3) is 0 Å². The number of aromatic nitrogens is 3. The highest BCUT2D eigenvalue weighted by molar-refractivity contribution is 5.42. The molecule has 0 amide bonds. The Kier molecular flexibility index (Phi) is 3.79. The van der Waals surface area contributed by atoms with Crippen LogP contribution in [0, 0.1) is 0 Å². The maximum Gasteiger partial charge on any atom is 0.316 e. The lowest BCUT2D eigenvalue weighted by Crippen LogP contribution is -2.39. The van der Waals surface area contributed by atoms with Crippen molar-refractivity contribution in [2.24, 2.45) is 7.05 Å². The van der Waals surface area contributed by atoms with Crippen LogP contribution >= 0.6 is 0 Å². The van der Waals surface area contributed by atoms with Crippen molar-refractivity contribution in [1.29, 1.82) is 0 Å². The van der Waals surface area contributed by atoms with Crippen molar-refractivity contribution in [3.63, 3.8) is 0 Å². The van der Waals surface area contributed by atoms with Gasteiger partial charge in [-0.1, -0.05) is 0 Å². The summed E-state index contributed by atoms with van der Waals surface area (Å²) in [6.07, 6.45) is 4.84. The van der Waals surface area contributed by atoms with Gasteiger partial charge in [0.1, 0.15) is 0 Å². The van der Waals surface area contributed by atoms with E-state index in [0.29, 0.717) is 0 Å². The highest BCUT2D eigenvalue weighted by Gasteiger charge is 2.04. The fraction of sp³-hybridized carbons (Fsp3) is 0.308. The number of pyridine rings is 1. The standard InChI is InChI=1S/C13H16N4O2/c1-3-14-10-4-5-15-11(8-10)9-17-7-6-16(2)12(18)13(17)19/h4-8H,3,9H2,1-2H3,(H,14,15). The van der Waals surface area contributed by atoms with Crippen LogP contribution in [-0.4, -0.2) is 20.7 Å². The minimum Gasteiger partial charge on any atom is -0.385 e. The fourth-order valence-corrected chi connectivity index (χ4v) is 1.77. The Morgan fingerprint density at radius 1 is 1.26 bits per heavy atom. The van der Waals surface area contributed by atoms with E-state index in [-0.39, 0.29) is 6.54 Å². The quantitative estimate of drug-likeness (QED) is 0.809. The lowest BCUT2D eigenvalue weighted by molar-refractivity contribution is 0.684. The Hall–Kier alpha value is -2.37. The number of nitrogens with one attached hydrogen (secondary N) is 1. The van der Waals surface area contributed by atoms with Crippen LogP contribution in [-0.2, 0) is 13.6 Å². The van der Waals surface area contributed by atoms with Crippen molar-refractivity contribution in [2.45, 2.75) is 13.5 Å². The molecule has 6 nitrogen and oxygen atoms in total. The number of hydrogen-bond donors (Lipinski definition) is 1. The van der Waals surface area contributed by atoms with Gasteiger partial charge in [-0.25, -0.2) is 0 Å². The zero-order chi connectivity index (χ0) is 13.8. The van der Waals surface area contributed by atoms with Gasteiger partial charge in [-0.2, -0.15) is 0 Å². The van der Waals surface area contributed by atoms with Gasteiger partial charge in [-0.3, -0.25) is 14.6 Å². The van der Waals surface area contributed by atoms with Crippen LogP contribution in [0.25, 0.3) is 0 Å². The summed E-state index contributed by atoms with van der Waals surface area (Å²) in [5.74, 6) is 0. The number of rotatable bonds is 4. The molecule has 0 saturated carbocycles. The molecule has 0 atom stereocenters. The van der Waals surface area contributed by atoms with Crippen LogP contribution in [0.5, 0.6) is 0 Å². The molecule has 2 aromatic rings. The fourth-order valence-electron chi connectivity index (χ4n) is 1.77. The first-order chi connectivity index (χ1) is 9.11. The van der Waals surface area contributed by atoms with Gasteiger partial charge in [0.2, 0.25) is 0 Å². The molecule has 100 valence electrons. The molecule has 0 unspecified atom stereocenters. The Morgan fingerprint density at radius 2 is 2.05 bits per heavy atom. The first-order valence-electron chi connectivity index (χ1n) is 6.06. The Bertz CT molecular complexity index is 688. The summed E-state index contributed by atoms with van der Waals surface area (Å²) >= 11 is 0. The molecule has 0 saturated heterocycles. The van der Waals surface area contributed by atoms with Crippen LogP contribution in [0.15, 0.2) is 40.3 Å². The number of hydrogen-bond acceptors (Lipinski definition) is 4. The van der Waals surface area contributed by atoms with E-state index < -0.39 is 11.1 Å². The highest BCUT2D eigenvalue weighted by Crippen LogP contribution is 2.07. The highest BCUT2D eigenvalue weighted by atomic mass is 16.2. The monoisotopic (exact) mass is 260 g/mol. The van der Waals surface area contributed by atoms with Crippen molar-refractivity contribution in [3.05, 3.63) is 57.1 Å². The molecule has 2 aromatic heterocycles. The molecule has 0 radical (unpaired) electrons. The molecule has 0 aromatic carbocycles. The van der Waals surface area contributed by atoms with Gasteiger partial charge in [0.05, 0.1) is 12.2 Å². The molecular formula is C13H16N4O2. The van der Waals surface area contributed by atoms with E-state index in [1.807, 2.05) is 19.1 Å². The lowest BCUT2D eigenvalue weighted by atomic mass is 10.3. The maximum atomic E-state index is 11.8. The maximum absolute atomic E-state index is 11.8. The van der Waals surface area contributed by atoms with Crippen molar-refractivity contribution < 1.29 is 0 Å². The van der Waals surface area contributed by atoms with E-state index >= 15 is 0 Å². The topological polar surface area (TPSA) is 68.9 Å². The third-order valence-electron chi connectivity index (χ3n) is 2.76. The predicted molar refractivity (Wildman–Crippen MR) is 73.4 cm³/mol. The summed E-state index contributed by atoms with van der Waals surface area (Å²) in [6, 6.07) is 3.73. The second kappa shape index (κ2) is 5.51. The zero-order valence-corrected chi connectivity index (χ0v) is 11.0. The molecule has 2 heterocycles. The van der Waals surface area contributed by atoms with Crippen LogP contribution in [0.2, 0.25) is 0 Å². The number of anilines is 1. The summed E-state index contributed by atoms with van der Waals surface area (Å²) in [5, 5.41) is 3.18. The summed E-state index contributed by atoms with van der Waals surface area (Å²) in [7, 11) is 1.55. The molecule has 0 aliphatic heterocycles. The van der Waals surface area contributed by atoms with Crippen LogP contribution in [0.3, 0.4) is 0 Å². The summed E-state index contributed by atoms with van der Waals surface area (Å²) in [5.41, 5.74) is 0.601. The molecule has 1 N–H and O–H groups in total. The van der Waals surface area contributed by atoms with E-state index in [2.05, 4.69) is 10.3 Å². The molecule has 0 spiro atoms. The normalized spacial score (nSPS) is 10.4. The van der Waals surface area contributed by atoms with Gasteiger partial charge in [-0.15, -0.1) is 0 Å². The zero-order valence-electron chi connectivity index (χ0n) is 11.0. The first kappa shape index (κ1) is 13.1. The second-order valence-electron chi connectivity index (χ2n) is 4.21. The van der Waals surface area contributed by atoms with Gasteiger partial charge in [0, 0.05) is 37.9 Å². The largest absolute Gasteiger partial charge is 0.385 e. The molecule has 6 heteroatoms. The van der Waals surface area contributed by atoms with Crippen molar-refractivity contribution >= 4 is 5.69 Å². The Morgan fingerprint density at radius 3 is 2.79 bits per heavy atom. The number of nitrogens with zero attached hydrogens (tertiary/aromatic N) is 3. The van der Waals surface area contributed by atoms with Crippen LogP contribution in [0.4, 0.5) is 5.69 Å². The van der Waals surface area contributed by atoms with E-state index in [0.717, 1.165) is 17.9 Å². The van der Waals surface area contributed by atoms with E-state index in [1.165, 1.54) is 9.13 Å². The molecule has 0 aliphatic carbocycles.